The number of para-hydroxylation sites is 1. The predicted octanol–water partition coefficient (Wildman–Crippen LogP) is 4.74. The molecule has 0 fully saturated rings. The van der Waals surface area contributed by atoms with Crippen LogP contribution in [0.1, 0.15) is 42.1 Å². The number of benzene rings is 1. The molecule has 0 saturated heterocycles. The summed E-state index contributed by atoms with van der Waals surface area (Å²) in [5, 5.41) is 9.13. The van der Waals surface area contributed by atoms with Gasteiger partial charge >= 0.3 is 5.97 Å². The van der Waals surface area contributed by atoms with Crippen LogP contribution in [-0.4, -0.2) is 16.1 Å². The van der Waals surface area contributed by atoms with Gasteiger partial charge in [-0.15, -0.1) is 0 Å². The highest BCUT2D eigenvalue weighted by molar-refractivity contribution is 6.29. The first kappa shape index (κ1) is 15.3. The van der Waals surface area contributed by atoms with E-state index >= 15 is 0 Å². The van der Waals surface area contributed by atoms with Crippen molar-refractivity contribution in [3.8, 4) is 11.6 Å². The van der Waals surface area contributed by atoms with Crippen molar-refractivity contribution >= 4 is 17.6 Å². The first-order valence-electron chi connectivity index (χ1n) is 6.69. The Labute approximate surface area is 128 Å². The average molecular weight is 306 g/mol. The van der Waals surface area contributed by atoms with Crippen molar-refractivity contribution in [1.29, 1.82) is 0 Å². The Balaban J connectivity index is 2.36. The number of ether oxygens (including phenoxy) is 1. The molecule has 1 aromatic heterocycles. The Morgan fingerprint density at radius 2 is 2.10 bits per heavy atom. The molecule has 2 aromatic rings. The summed E-state index contributed by atoms with van der Waals surface area (Å²) >= 11 is 5.84. The molecule has 1 heterocycles. The second-order valence-electron chi connectivity index (χ2n) is 4.77. The number of nitrogens with zero attached hydrogens (tertiary/aromatic N) is 1. The summed E-state index contributed by atoms with van der Waals surface area (Å²) in [6, 6.07) is 10.3. The van der Waals surface area contributed by atoms with Gasteiger partial charge in [-0.25, -0.2) is 9.78 Å². The Hall–Kier alpha value is -2.07. The van der Waals surface area contributed by atoms with Crippen molar-refractivity contribution in [2.24, 2.45) is 0 Å². The van der Waals surface area contributed by atoms with Crippen LogP contribution >= 0.6 is 11.6 Å². The normalized spacial score (nSPS) is 12.0. The molecule has 1 aromatic carbocycles. The summed E-state index contributed by atoms with van der Waals surface area (Å²) in [5.41, 5.74) is 1.10. The number of pyridine rings is 1. The van der Waals surface area contributed by atoms with Crippen LogP contribution in [0.3, 0.4) is 0 Å². The van der Waals surface area contributed by atoms with E-state index in [0.29, 0.717) is 11.7 Å². The van der Waals surface area contributed by atoms with Gasteiger partial charge in [0.25, 0.3) is 0 Å². The van der Waals surface area contributed by atoms with E-state index in [2.05, 4.69) is 18.8 Å². The number of halogens is 1. The molecule has 5 heteroatoms. The van der Waals surface area contributed by atoms with Gasteiger partial charge in [0.05, 0.1) is 5.56 Å². The third kappa shape index (κ3) is 3.73. The number of rotatable bonds is 5. The lowest BCUT2D eigenvalue weighted by atomic mass is 9.98. The molecular weight excluding hydrogens is 290 g/mol. The largest absolute Gasteiger partial charge is 0.478 e. The minimum absolute atomic E-state index is 0.0472. The summed E-state index contributed by atoms with van der Waals surface area (Å²) in [4.78, 5) is 15.1. The summed E-state index contributed by atoms with van der Waals surface area (Å²) in [6.45, 7) is 4.21. The molecule has 0 radical (unpaired) electrons. The molecule has 2 rings (SSSR count). The van der Waals surface area contributed by atoms with Crippen LogP contribution in [0.5, 0.6) is 11.6 Å². The monoisotopic (exact) mass is 305 g/mol. The van der Waals surface area contributed by atoms with Crippen LogP contribution in [-0.2, 0) is 0 Å². The number of hydrogen-bond donors (Lipinski definition) is 1. The standard InChI is InChI=1S/C16H16ClNO3/c1-3-10(2)12-6-4-5-7-13(12)21-15-9-11(16(19)20)8-14(17)18-15/h4-10H,3H2,1-2H3,(H,19,20). The lowest BCUT2D eigenvalue weighted by molar-refractivity contribution is 0.0696. The van der Waals surface area contributed by atoms with Crippen molar-refractivity contribution < 1.29 is 14.6 Å². The zero-order valence-corrected chi connectivity index (χ0v) is 12.6. The molecule has 0 amide bonds. The van der Waals surface area contributed by atoms with E-state index in [1.54, 1.807) is 0 Å². The minimum atomic E-state index is -1.07. The molecule has 0 aliphatic rings. The zero-order chi connectivity index (χ0) is 15.4. The maximum atomic E-state index is 11.0. The van der Waals surface area contributed by atoms with Gasteiger partial charge in [0.15, 0.2) is 0 Å². The topological polar surface area (TPSA) is 59.4 Å². The number of hydrogen-bond acceptors (Lipinski definition) is 3. The van der Waals surface area contributed by atoms with Gasteiger partial charge in [0.1, 0.15) is 10.9 Å². The van der Waals surface area contributed by atoms with Gasteiger partial charge in [-0.1, -0.05) is 43.6 Å². The molecule has 0 saturated carbocycles. The van der Waals surface area contributed by atoms with Crippen LogP contribution in [0.15, 0.2) is 36.4 Å². The van der Waals surface area contributed by atoms with Crippen LogP contribution in [0.4, 0.5) is 0 Å². The van der Waals surface area contributed by atoms with Gasteiger partial charge in [-0.05, 0) is 30.0 Å². The van der Waals surface area contributed by atoms with Gasteiger partial charge in [0, 0.05) is 6.07 Å². The first-order valence-corrected chi connectivity index (χ1v) is 7.06. The highest BCUT2D eigenvalue weighted by atomic mass is 35.5. The first-order chi connectivity index (χ1) is 10.0. The predicted molar refractivity (Wildman–Crippen MR) is 81.4 cm³/mol. The molecule has 0 aliphatic carbocycles. The highest BCUT2D eigenvalue weighted by Crippen LogP contribution is 2.32. The van der Waals surface area contributed by atoms with Gasteiger partial charge in [0.2, 0.25) is 5.88 Å². The quantitative estimate of drug-likeness (QED) is 0.811. The summed E-state index contributed by atoms with van der Waals surface area (Å²) in [7, 11) is 0. The van der Waals surface area contributed by atoms with Crippen LogP contribution in [0, 0.1) is 0 Å². The van der Waals surface area contributed by atoms with E-state index in [1.165, 1.54) is 12.1 Å². The second kappa shape index (κ2) is 6.59. The van der Waals surface area contributed by atoms with E-state index in [9.17, 15) is 4.79 Å². The molecular formula is C16H16ClNO3. The number of carbonyl (C=O) groups is 1. The number of aromatic nitrogens is 1. The van der Waals surface area contributed by atoms with Crippen molar-refractivity contribution in [2.75, 3.05) is 0 Å². The third-order valence-corrected chi connectivity index (χ3v) is 3.49. The lowest BCUT2D eigenvalue weighted by Gasteiger charge is -2.15. The van der Waals surface area contributed by atoms with E-state index < -0.39 is 5.97 Å². The summed E-state index contributed by atoms with van der Waals surface area (Å²) in [5.74, 6) is 0.104. The summed E-state index contributed by atoms with van der Waals surface area (Å²) in [6.07, 6.45) is 0.976. The maximum Gasteiger partial charge on any atom is 0.335 e. The third-order valence-electron chi connectivity index (χ3n) is 3.29. The van der Waals surface area contributed by atoms with Crippen molar-refractivity contribution in [1.82, 2.24) is 4.98 Å². The average Bonchev–Trinajstić information content (AvgIpc) is 2.46. The fourth-order valence-electron chi connectivity index (χ4n) is 1.96. The summed E-state index contributed by atoms with van der Waals surface area (Å²) < 4.78 is 5.75. The van der Waals surface area contributed by atoms with E-state index in [4.69, 9.17) is 21.4 Å². The Morgan fingerprint density at radius 1 is 1.38 bits per heavy atom. The van der Waals surface area contributed by atoms with Crippen molar-refractivity contribution in [3.05, 3.63) is 52.7 Å². The molecule has 0 aliphatic heterocycles. The Kier molecular flexibility index (Phi) is 4.81. The Morgan fingerprint density at radius 3 is 2.76 bits per heavy atom. The molecule has 1 atom stereocenters. The fraction of sp³-hybridized carbons (Fsp3) is 0.250. The van der Waals surface area contributed by atoms with E-state index in [-0.39, 0.29) is 16.6 Å². The van der Waals surface area contributed by atoms with E-state index in [1.807, 2.05) is 24.3 Å². The number of carboxylic acids is 1. The van der Waals surface area contributed by atoms with E-state index in [0.717, 1.165) is 12.0 Å². The highest BCUT2D eigenvalue weighted by Gasteiger charge is 2.13. The molecule has 4 nitrogen and oxygen atoms in total. The van der Waals surface area contributed by atoms with Crippen LogP contribution in [0.25, 0.3) is 0 Å². The molecule has 0 bridgehead atoms. The lowest BCUT2D eigenvalue weighted by Crippen LogP contribution is -2.00. The van der Waals surface area contributed by atoms with Gasteiger partial charge < -0.3 is 9.84 Å². The number of aromatic carboxylic acids is 1. The zero-order valence-electron chi connectivity index (χ0n) is 11.8. The Bertz CT molecular complexity index is 658. The maximum absolute atomic E-state index is 11.0. The minimum Gasteiger partial charge on any atom is -0.478 e. The molecule has 1 unspecified atom stereocenters. The van der Waals surface area contributed by atoms with Gasteiger partial charge in [-0.3, -0.25) is 0 Å². The molecule has 110 valence electrons. The second-order valence-corrected chi connectivity index (χ2v) is 5.16. The fourth-order valence-corrected chi connectivity index (χ4v) is 2.16. The van der Waals surface area contributed by atoms with Crippen LogP contribution < -0.4 is 4.74 Å². The SMILES string of the molecule is CCC(C)c1ccccc1Oc1cc(C(=O)O)cc(Cl)n1. The van der Waals surface area contributed by atoms with Crippen molar-refractivity contribution in [2.45, 2.75) is 26.2 Å². The van der Waals surface area contributed by atoms with Crippen molar-refractivity contribution in [3.63, 3.8) is 0 Å². The smallest absolute Gasteiger partial charge is 0.335 e. The molecule has 21 heavy (non-hydrogen) atoms. The van der Waals surface area contributed by atoms with Gasteiger partial charge in [-0.2, -0.15) is 0 Å². The number of carboxylic acid groups (broad SMARTS) is 1. The van der Waals surface area contributed by atoms with Crippen LogP contribution in [0.2, 0.25) is 5.15 Å². The molecule has 0 spiro atoms. The molecule has 1 N–H and O–H groups in total.